The molecule has 1 aromatic rings. The Bertz CT molecular complexity index is 557. The van der Waals surface area contributed by atoms with E-state index in [0.29, 0.717) is 12.5 Å². The van der Waals surface area contributed by atoms with Gasteiger partial charge in [0.25, 0.3) is 0 Å². The van der Waals surface area contributed by atoms with Gasteiger partial charge in [0, 0.05) is 7.11 Å². The second-order valence-electron chi connectivity index (χ2n) is 9.18. The van der Waals surface area contributed by atoms with Crippen LogP contribution in [0.25, 0.3) is 0 Å². The Morgan fingerprint density at radius 2 is 1.29 bits per heavy atom. The summed E-state index contributed by atoms with van der Waals surface area (Å²) < 4.78 is 11.5. The summed E-state index contributed by atoms with van der Waals surface area (Å²) in [7, 11) is 1.58. The molecule has 0 radical (unpaired) electrons. The number of esters is 1. The van der Waals surface area contributed by atoms with E-state index in [1.807, 2.05) is 30.3 Å². The molecule has 1 aromatic carbocycles. The maximum absolute atomic E-state index is 12.9. The summed E-state index contributed by atoms with van der Waals surface area (Å²) in [5, 5.41) is 0. The van der Waals surface area contributed by atoms with Crippen LogP contribution >= 0.6 is 0 Å². The fraction of sp³-hybridized carbons (Fsp3) is 0.750. The van der Waals surface area contributed by atoms with Crippen LogP contribution in [-0.4, -0.2) is 19.7 Å². The van der Waals surface area contributed by atoms with Crippen LogP contribution in [-0.2, 0) is 19.9 Å². The summed E-state index contributed by atoms with van der Waals surface area (Å²) >= 11 is 0. The number of hydrogen-bond donors (Lipinski definition) is 0. The number of hydrogen-bond acceptors (Lipinski definition) is 3. The molecule has 2 atom stereocenters. The first-order valence-electron chi connectivity index (χ1n) is 12.9. The number of carbonyl (C=O) groups excluding carboxylic acids is 1. The van der Waals surface area contributed by atoms with Crippen LogP contribution in [0.3, 0.4) is 0 Å². The third-order valence-corrected chi connectivity index (χ3v) is 6.50. The highest BCUT2D eigenvalue weighted by Gasteiger charge is 2.37. The molecule has 0 heterocycles. The predicted octanol–water partition coefficient (Wildman–Crippen LogP) is 8.21. The third kappa shape index (κ3) is 11.2. The van der Waals surface area contributed by atoms with Crippen LogP contribution in [0, 0.1) is 5.92 Å². The molecule has 0 saturated carbocycles. The van der Waals surface area contributed by atoms with Crippen LogP contribution < -0.4 is 0 Å². The second-order valence-corrected chi connectivity index (χ2v) is 9.18. The maximum atomic E-state index is 12.9. The molecule has 0 saturated heterocycles. The van der Waals surface area contributed by atoms with Crippen LogP contribution in [0.4, 0.5) is 0 Å². The monoisotopic (exact) mass is 432 g/mol. The summed E-state index contributed by atoms with van der Waals surface area (Å²) in [6, 6.07) is 9.66. The first-order chi connectivity index (χ1) is 15.1. The van der Waals surface area contributed by atoms with Crippen molar-refractivity contribution in [2.24, 2.45) is 5.92 Å². The molecule has 0 aliphatic carbocycles. The first-order valence-corrected chi connectivity index (χ1v) is 12.9. The molecule has 2 unspecified atom stereocenters. The molecule has 31 heavy (non-hydrogen) atoms. The zero-order valence-electron chi connectivity index (χ0n) is 20.8. The summed E-state index contributed by atoms with van der Waals surface area (Å²) in [6.07, 6.45) is 18.0. The van der Waals surface area contributed by atoms with Gasteiger partial charge in [0.15, 0.2) is 5.60 Å². The topological polar surface area (TPSA) is 35.5 Å². The first kappa shape index (κ1) is 27.7. The zero-order valence-corrected chi connectivity index (χ0v) is 20.8. The van der Waals surface area contributed by atoms with Crippen LogP contribution in [0.2, 0.25) is 0 Å². The van der Waals surface area contributed by atoms with Crippen molar-refractivity contribution >= 4 is 5.97 Å². The minimum atomic E-state index is -1.05. The number of benzene rings is 1. The van der Waals surface area contributed by atoms with Gasteiger partial charge >= 0.3 is 5.97 Å². The normalized spacial score (nSPS) is 14.2. The number of ether oxygens (including phenoxy) is 2. The quantitative estimate of drug-likeness (QED) is 0.163. The number of methoxy groups -OCH3 is 1. The summed E-state index contributed by atoms with van der Waals surface area (Å²) in [4.78, 5) is 12.9. The minimum absolute atomic E-state index is 0.281. The van der Waals surface area contributed by atoms with E-state index < -0.39 is 5.60 Å². The largest absolute Gasteiger partial charge is 0.463 e. The molecule has 0 aliphatic rings. The van der Waals surface area contributed by atoms with Crippen molar-refractivity contribution in [2.45, 2.75) is 116 Å². The molecule has 0 amide bonds. The number of carbonyl (C=O) groups is 1. The fourth-order valence-corrected chi connectivity index (χ4v) is 4.14. The summed E-state index contributed by atoms with van der Waals surface area (Å²) in [6.45, 7) is 6.83. The van der Waals surface area contributed by atoms with E-state index in [2.05, 4.69) is 13.8 Å². The molecule has 3 nitrogen and oxygen atoms in total. The Kier molecular flexibility index (Phi) is 15.4. The van der Waals surface area contributed by atoms with Crippen molar-refractivity contribution in [3.63, 3.8) is 0 Å². The lowest BCUT2D eigenvalue weighted by Gasteiger charge is -2.27. The van der Waals surface area contributed by atoms with E-state index in [-0.39, 0.29) is 5.97 Å². The highest BCUT2D eigenvalue weighted by molar-refractivity contribution is 5.80. The standard InChI is InChI=1S/C28H48O3/c1-5-7-9-11-12-14-17-21-25(20-16-13-10-8-6-2)24-31-27(29)28(3,30-4)26-22-18-15-19-23-26/h15,18-19,22-23,25H,5-14,16-17,20-21,24H2,1-4H3. The Balaban J connectivity index is 2.52. The Labute approximate surface area is 192 Å². The molecule has 0 aliphatic heterocycles. The van der Waals surface area contributed by atoms with Crippen molar-refractivity contribution < 1.29 is 14.3 Å². The van der Waals surface area contributed by atoms with Gasteiger partial charge < -0.3 is 9.47 Å². The number of unbranched alkanes of at least 4 members (excludes halogenated alkanes) is 10. The van der Waals surface area contributed by atoms with E-state index in [1.165, 1.54) is 77.0 Å². The van der Waals surface area contributed by atoms with E-state index in [0.717, 1.165) is 18.4 Å². The summed E-state index contributed by atoms with van der Waals surface area (Å²) in [5.74, 6) is 0.176. The molecule has 0 aromatic heterocycles. The lowest BCUT2D eigenvalue weighted by Crippen LogP contribution is -2.37. The average molecular weight is 433 g/mol. The second kappa shape index (κ2) is 17.2. The molecule has 0 N–H and O–H groups in total. The highest BCUT2D eigenvalue weighted by atomic mass is 16.6. The Hall–Kier alpha value is -1.35. The molecule has 0 spiro atoms. The lowest BCUT2D eigenvalue weighted by molar-refractivity contribution is -0.170. The van der Waals surface area contributed by atoms with E-state index >= 15 is 0 Å². The van der Waals surface area contributed by atoms with Crippen molar-refractivity contribution in [2.75, 3.05) is 13.7 Å². The van der Waals surface area contributed by atoms with Gasteiger partial charge in [-0.3, -0.25) is 0 Å². The van der Waals surface area contributed by atoms with Crippen molar-refractivity contribution in [3.8, 4) is 0 Å². The van der Waals surface area contributed by atoms with E-state index in [1.54, 1.807) is 14.0 Å². The van der Waals surface area contributed by atoms with Crippen molar-refractivity contribution in [3.05, 3.63) is 35.9 Å². The average Bonchev–Trinajstić information content (AvgIpc) is 2.80. The van der Waals surface area contributed by atoms with Gasteiger partial charge in [-0.25, -0.2) is 4.79 Å². The predicted molar refractivity (Wildman–Crippen MR) is 131 cm³/mol. The maximum Gasteiger partial charge on any atom is 0.342 e. The van der Waals surface area contributed by atoms with Gasteiger partial charge in [0.05, 0.1) is 6.61 Å². The molecule has 1 rings (SSSR count). The minimum Gasteiger partial charge on any atom is -0.463 e. The molecule has 178 valence electrons. The Morgan fingerprint density at radius 1 is 0.806 bits per heavy atom. The smallest absolute Gasteiger partial charge is 0.342 e. The third-order valence-electron chi connectivity index (χ3n) is 6.50. The molecule has 0 fully saturated rings. The molecular formula is C28H48O3. The van der Waals surface area contributed by atoms with Crippen LogP contribution in [0.15, 0.2) is 30.3 Å². The zero-order chi connectivity index (χ0) is 22.8. The van der Waals surface area contributed by atoms with Gasteiger partial charge in [-0.2, -0.15) is 0 Å². The van der Waals surface area contributed by atoms with Gasteiger partial charge in [-0.1, -0.05) is 121 Å². The molecule has 0 bridgehead atoms. The van der Waals surface area contributed by atoms with Gasteiger partial charge in [-0.05, 0) is 31.2 Å². The van der Waals surface area contributed by atoms with Gasteiger partial charge in [0.2, 0.25) is 0 Å². The van der Waals surface area contributed by atoms with Crippen molar-refractivity contribution in [1.82, 2.24) is 0 Å². The van der Waals surface area contributed by atoms with E-state index in [4.69, 9.17) is 9.47 Å². The van der Waals surface area contributed by atoms with Crippen LogP contribution in [0.5, 0.6) is 0 Å². The molecule has 3 heteroatoms. The highest BCUT2D eigenvalue weighted by Crippen LogP contribution is 2.27. The Morgan fingerprint density at radius 3 is 1.77 bits per heavy atom. The van der Waals surface area contributed by atoms with Gasteiger partial charge in [-0.15, -0.1) is 0 Å². The lowest BCUT2D eigenvalue weighted by atomic mass is 9.94. The SMILES string of the molecule is CCCCCCCCCC(CCCCCCC)COC(=O)C(C)(OC)c1ccccc1. The summed E-state index contributed by atoms with van der Waals surface area (Å²) in [5.41, 5.74) is -0.211. The van der Waals surface area contributed by atoms with Gasteiger partial charge in [0.1, 0.15) is 0 Å². The number of rotatable bonds is 19. The fourth-order valence-electron chi connectivity index (χ4n) is 4.14. The van der Waals surface area contributed by atoms with E-state index in [9.17, 15) is 4.79 Å². The van der Waals surface area contributed by atoms with Crippen molar-refractivity contribution in [1.29, 1.82) is 0 Å². The molecular weight excluding hydrogens is 384 g/mol. The van der Waals surface area contributed by atoms with Crippen LogP contribution in [0.1, 0.15) is 116 Å².